The number of anilines is 1. The molecule has 0 spiro atoms. The number of aromatic nitrogens is 2. The average molecular weight is 175 g/mol. The van der Waals surface area contributed by atoms with Crippen molar-refractivity contribution in [1.29, 1.82) is 0 Å². The van der Waals surface area contributed by atoms with Gasteiger partial charge in [0.1, 0.15) is 5.65 Å². The van der Waals surface area contributed by atoms with E-state index in [2.05, 4.69) is 11.9 Å². The molecular weight excluding hydrogens is 162 g/mol. The summed E-state index contributed by atoms with van der Waals surface area (Å²) >= 11 is 0. The Labute approximate surface area is 77.2 Å². The van der Waals surface area contributed by atoms with E-state index in [9.17, 15) is 0 Å². The third-order valence-electron chi connectivity index (χ3n) is 2.03. The van der Waals surface area contributed by atoms with E-state index in [1.165, 1.54) is 0 Å². The van der Waals surface area contributed by atoms with Crippen LogP contribution in [-0.4, -0.2) is 9.38 Å². The van der Waals surface area contributed by atoms with Gasteiger partial charge in [0.25, 0.3) is 0 Å². The van der Waals surface area contributed by atoms with Gasteiger partial charge in [0, 0.05) is 18.1 Å². The van der Waals surface area contributed by atoms with Gasteiger partial charge in [-0.15, -0.1) is 0 Å². The predicted octanol–water partition coefficient (Wildman–Crippen LogP) is 1.87. The summed E-state index contributed by atoms with van der Waals surface area (Å²) < 4.78 is 1.97. The van der Waals surface area contributed by atoms with Crippen molar-refractivity contribution in [3.63, 3.8) is 0 Å². The molecule has 13 heavy (non-hydrogen) atoms. The lowest BCUT2D eigenvalue weighted by molar-refractivity contribution is 0.894. The van der Waals surface area contributed by atoms with Crippen LogP contribution in [0, 0.1) is 0 Å². The first-order valence-electron chi connectivity index (χ1n) is 4.52. The molecule has 0 atom stereocenters. The molecule has 0 amide bonds. The minimum atomic E-state index is 0.771. The first-order chi connectivity index (χ1) is 6.29. The average Bonchev–Trinajstić information content (AvgIpc) is 2.46. The summed E-state index contributed by atoms with van der Waals surface area (Å²) in [6.07, 6.45) is 6.08. The third-order valence-corrected chi connectivity index (χ3v) is 2.03. The number of nitrogens with zero attached hydrogens (tertiary/aromatic N) is 2. The number of imidazole rings is 1. The molecular formula is C10H13N3. The molecule has 0 aliphatic heterocycles. The second kappa shape index (κ2) is 3.09. The van der Waals surface area contributed by atoms with Crippen LogP contribution in [0.1, 0.15) is 19.0 Å². The molecule has 0 saturated carbocycles. The van der Waals surface area contributed by atoms with Gasteiger partial charge in [0.2, 0.25) is 0 Å². The predicted molar refractivity (Wildman–Crippen MR) is 53.6 cm³/mol. The normalized spacial score (nSPS) is 10.8. The highest BCUT2D eigenvalue weighted by Gasteiger charge is 1.99. The quantitative estimate of drug-likeness (QED) is 0.757. The van der Waals surface area contributed by atoms with Crippen molar-refractivity contribution in [1.82, 2.24) is 9.38 Å². The number of hydrogen-bond donors (Lipinski definition) is 1. The molecule has 0 bridgehead atoms. The molecule has 2 rings (SSSR count). The van der Waals surface area contributed by atoms with Crippen molar-refractivity contribution < 1.29 is 0 Å². The molecule has 0 fully saturated rings. The lowest BCUT2D eigenvalue weighted by Crippen LogP contribution is -1.88. The maximum Gasteiger partial charge on any atom is 0.137 e. The molecule has 0 unspecified atom stereocenters. The Morgan fingerprint density at radius 1 is 1.38 bits per heavy atom. The molecule has 3 nitrogen and oxygen atoms in total. The first-order valence-corrected chi connectivity index (χ1v) is 4.52. The van der Waals surface area contributed by atoms with Crippen molar-refractivity contribution in [2.45, 2.75) is 19.8 Å². The maximum atomic E-state index is 5.66. The van der Waals surface area contributed by atoms with Gasteiger partial charge in [-0.2, -0.15) is 0 Å². The standard InChI is InChI=1S/C10H13N3/c1-2-3-9-7-13-6-8(11)4-5-10(13)12-9/h4-7H,2-3,11H2,1H3. The molecule has 2 aromatic rings. The fourth-order valence-electron chi connectivity index (χ4n) is 1.44. The molecule has 2 N–H and O–H groups in total. The molecule has 0 saturated heterocycles. The summed E-state index contributed by atoms with van der Waals surface area (Å²) in [5, 5.41) is 0. The zero-order valence-electron chi connectivity index (χ0n) is 7.70. The Bertz CT molecular complexity index is 417. The minimum Gasteiger partial charge on any atom is -0.398 e. The lowest BCUT2D eigenvalue weighted by atomic mass is 10.3. The van der Waals surface area contributed by atoms with E-state index in [1.54, 1.807) is 0 Å². The number of hydrogen-bond acceptors (Lipinski definition) is 2. The monoisotopic (exact) mass is 175 g/mol. The van der Waals surface area contributed by atoms with Gasteiger partial charge in [-0.1, -0.05) is 13.3 Å². The van der Waals surface area contributed by atoms with E-state index >= 15 is 0 Å². The van der Waals surface area contributed by atoms with E-state index in [0.29, 0.717) is 0 Å². The Morgan fingerprint density at radius 3 is 3.00 bits per heavy atom. The van der Waals surface area contributed by atoms with Crippen LogP contribution in [0.3, 0.4) is 0 Å². The van der Waals surface area contributed by atoms with Gasteiger partial charge in [-0.25, -0.2) is 4.98 Å². The highest BCUT2D eigenvalue weighted by molar-refractivity contribution is 5.48. The van der Waals surface area contributed by atoms with Gasteiger partial charge in [-0.05, 0) is 18.6 Å². The van der Waals surface area contributed by atoms with Crippen molar-refractivity contribution in [3.05, 3.63) is 30.2 Å². The van der Waals surface area contributed by atoms with Crippen molar-refractivity contribution in [3.8, 4) is 0 Å². The number of rotatable bonds is 2. The topological polar surface area (TPSA) is 43.3 Å². The molecule has 0 aliphatic rings. The number of pyridine rings is 1. The van der Waals surface area contributed by atoms with Gasteiger partial charge in [0.05, 0.1) is 5.69 Å². The maximum absolute atomic E-state index is 5.66. The number of aryl methyl sites for hydroxylation is 1. The fourth-order valence-corrected chi connectivity index (χ4v) is 1.44. The highest BCUT2D eigenvalue weighted by atomic mass is 15.0. The SMILES string of the molecule is CCCc1cn2cc(N)ccc2n1. The first kappa shape index (κ1) is 8.10. The molecule has 2 aromatic heterocycles. The second-order valence-electron chi connectivity index (χ2n) is 3.21. The largest absolute Gasteiger partial charge is 0.398 e. The molecule has 0 aromatic carbocycles. The van der Waals surface area contributed by atoms with Gasteiger partial charge in [-0.3, -0.25) is 0 Å². The van der Waals surface area contributed by atoms with Gasteiger partial charge in [0.15, 0.2) is 0 Å². The lowest BCUT2D eigenvalue weighted by Gasteiger charge is -1.93. The van der Waals surface area contributed by atoms with E-state index in [4.69, 9.17) is 5.73 Å². The minimum absolute atomic E-state index is 0.771. The zero-order chi connectivity index (χ0) is 9.26. The Balaban J connectivity index is 2.49. The van der Waals surface area contributed by atoms with Crippen LogP contribution < -0.4 is 5.73 Å². The third kappa shape index (κ3) is 1.49. The smallest absolute Gasteiger partial charge is 0.137 e. The summed E-state index contributed by atoms with van der Waals surface area (Å²) in [5.41, 5.74) is 8.53. The van der Waals surface area contributed by atoms with Gasteiger partial charge < -0.3 is 10.1 Å². The fraction of sp³-hybridized carbons (Fsp3) is 0.300. The summed E-state index contributed by atoms with van der Waals surface area (Å²) in [4.78, 5) is 4.45. The zero-order valence-corrected chi connectivity index (χ0v) is 7.70. The Morgan fingerprint density at radius 2 is 2.23 bits per heavy atom. The van der Waals surface area contributed by atoms with Crippen molar-refractivity contribution in [2.75, 3.05) is 5.73 Å². The Hall–Kier alpha value is -1.51. The van der Waals surface area contributed by atoms with E-state index in [-0.39, 0.29) is 0 Å². The number of nitrogens with two attached hydrogens (primary N) is 1. The van der Waals surface area contributed by atoms with Crippen LogP contribution in [0.15, 0.2) is 24.5 Å². The van der Waals surface area contributed by atoms with Gasteiger partial charge >= 0.3 is 0 Å². The molecule has 68 valence electrons. The second-order valence-corrected chi connectivity index (χ2v) is 3.21. The summed E-state index contributed by atoms with van der Waals surface area (Å²) in [6, 6.07) is 3.81. The van der Waals surface area contributed by atoms with Crippen LogP contribution >= 0.6 is 0 Å². The summed E-state index contributed by atoms with van der Waals surface area (Å²) in [7, 11) is 0. The molecule has 0 aliphatic carbocycles. The summed E-state index contributed by atoms with van der Waals surface area (Å²) in [5.74, 6) is 0. The molecule has 2 heterocycles. The van der Waals surface area contributed by atoms with E-state index in [0.717, 1.165) is 29.9 Å². The summed E-state index contributed by atoms with van der Waals surface area (Å²) in [6.45, 7) is 2.15. The van der Waals surface area contributed by atoms with Crippen LogP contribution in [0.4, 0.5) is 5.69 Å². The van der Waals surface area contributed by atoms with E-state index in [1.807, 2.05) is 28.9 Å². The van der Waals surface area contributed by atoms with Crippen molar-refractivity contribution in [2.24, 2.45) is 0 Å². The van der Waals surface area contributed by atoms with Crippen LogP contribution in [0.2, 0.25) is 0 Å². The number of nitrogen functional groups attached to an aromatic ring is 1. The highest BCUT2D eigenvalue weighted by Crippen LogP contribution is 2.09. The van der Waals surface area contributed by atoms with E-state index < -0.39 is 0 Å². The van der Waals surface area contributed by atoms with Crippen LogP contribution in [0.25, 0.3) is 5.65 Å². The molecule has 0 radical (unpaired) electrons. The van der Waals surface area contributed by atoms with Crippen LogP contribution in [0.5, 0.6) is 0 Å². The molecule has 3 heteroatoms. The van der Waals surface area contributed by atoms with Crippen molar-refractivity contribution >= 4 is 11.3 Å². The number of fused-ring (bicyclic) bond motifs is 1. The Kier molecular flexibility index (Phi) is 1.93. The van der Waals surface area contributed by atoms with Crippen LogP contribution in [-0.2, 0) is 6.42 Å².